The van der Waals surface area contributed by atoms with Crippen molar-refractivity contribution in [2.24, 2.45) is 0 Å². The smallest absolute Gasteiger partial charge is 0.352 e. The summed E-state index contributed by atoms with van der Waals surface area (Å²) in [6.45, 7) is -0.718. The van der Waals surface area contributed by atoms with Gasteiger partial charge in [0.25, 0.3) is 5.91 Å². The van der Waals surface area contributed by atoms with Crippen LogP contribution in [-0.4, -0.2) is 38.3 Å². The summed E-state index contributed by atoms with van der Waals surface area (Å²) < 4.78 is 17.2. The molecule has 1 amide bonds. The molecule has 0 fully saturated rings. The molecule has 2 heterocycles. The van der Waals surface area contributed by atoms with Gasteiger partial charge in [-0.05, 0) is 18.2 Å². The maximum absolute atomic E-state index is 12.7. The number of halogens is 3. The summed E-state index contributed by atoms with van der Waals surface area (Å²) in [7, 11) is -4.62. The number of benzene rings is 1. The number of hydrogen-bond donors (Lipinski definition) is 4. The maximum Gasteiger partial charge on any atom is 0.469 e. The zero-order valence-corrected chi connectivity index (χ0v) is 18.9. The van der Waals surface area contributed by atoms with Gasteiger partial charge in [0.05, 0.1) is 35.2 Å². The third-order valence-corrected chi connectivity index (χ3v) is 5.35. The molecule has 160 valence electrons. The topological polar surface area (TPSA) is 134 Å². The first-order valence-corrected chi connectivity index (χ1v) is 11.2. The van der Waals surface area contributed by atoms with Crippen LogP contribution in [0.4, 0.5) is 11.4 Å². The van der Waals surface area contributed by atoms with Crippen molar-refractivity contribution in [2.75, 3.05) is 18.5 Å². The lowest BCUT2D eigenvalue weighted by Crippen LogP contribution is -2.26. The number of hydrogen-bond acceptors (Lipinski definition) is 6. The van der Waals surface area contributed by atoms with Gasteiger partial charge in [0.1, 0.15) is 5.02 Å². The molecule has 0 aliphatic heterocycles. The quantitative estimate of drug-likeness (QED) is 0.192. The highest BCUT2D eigenvalue weighted by Crippen LogP contribution is 2.36. The number of nitrogens with zero attached hydrogens (tertiary/aromatic N) is 2. The summed E-state index contributed by atoms with van der Waals surface area (Å²) in [5.41, 5.74) is 3.45. The Labute approximate surface area is 188 Å². The number of pyridine rings is 1. The molecule has 0 atom stereocenters. The van der Waals surface area contributed by atoms with E-state index in [-0.39, 0.29) is 22.9 Å². The van der Waals surface area contributed by atoms with Crippen molar-refractivity contribution >= 4 is 69.9 Å². The Morgan fingerprint density at radius 1 is 1.30 bits per heavy atom. The molecule has 0 bridgehead atoms. The van der Waals surface area contributed by atoms with Crippen LogP contribution in [0.5, 0.6) is 0 Å². The molecule has 4 N–H and O–H groups in total. The van der Waals surface area contributed by atoms with Gasteiger partial charge >= 0.3 is 7.82 Å². The van der Waals surface area contributed by atoms with E-state index in [4.69, 9.17) is 37.8 Å². The van der Waals surface area contributed by atoms with Crippen molar-refractivity contribution in [3.63, 3.8) is 0 Å². The Hall–Kier alpha value is -1.69. The van der Waals surface area contributed by atoms with Crippen LogP contribution in [0.3, 0.4) is 0 Å². The number of rotatable bonds is 8. The van der Waals surface area contributed by atoms with Crippen LogP contribution in [0.1, 0.15) is 10.4 Å². The summed E-state index contributed by atoms with van der Waals surface area (Å²) in [5, 5.41) is 3.61. The average molecular weight is 540 g/mol. The van der Waals surface area contributed by atoms with Crippen molar-refractivity contribution in [3.8, 4) is 0 Å². The van der Waals surface area contributed by atoms with Crippen molar-refractivity contribution < 1.29 is 28.5 Å². The number of carbonyl (C=O) groups is 1. The Balaban J connectivity index is 1.84. The second-order valence-electron chi connectivity index (χ2n) is 5.74. The Morgan fingerprint density at radius 2 is 2.07 bits per heavy atom. The summed E-state index contributed by atoms with van der Waals surface area (Å²) in [4.78, 5) is 39.0. The lowest BCUT2D eigenvalue weighted by molar-refractivity contribution is 0.0165. The molecule has 0 saturated carbocycles. The Bertz CT molecular complexity index is 1140. The minimum atomic E-state index is -4.62. The van der Waals surface area contributed by atoms with Crippen LogP contribution < -0.4 is 10.8 Å². The number of nitrogens with one attached hydrogen (secondary N) is 2. The third kappa shape index (κ3) is 5.71. The van der Waals surface area contributed by atoms with Crippen molar-refractivity contribution in [1.82, 2.24) is 14.9 Å². The standard InChI is InChI=1S/C16H14BrCl2N4O6P/c17-9-1-2-12(11(18)7-9)21-14-10(8-23-4-3-20-15(23)13(14)19)16(24)22-28-5-6-29-30(25,26)27/h1-4,7-8,21H,5-6H2,(H,22,24)(H2,25,26,27). The van der Waals surface area contributed by atoms with E-state index in [1.165, 1.54) is 12.4 Å². The minimum absolute atomic E-state index is 0.111. The van der Waals surface area contributed by atoms with Crippen LogP contribution in [0.25, 0.3) is 5.65 Å². The summed E-state index contributed by atoms with van der Waals surface area (Å²) in [5.74, 6) is -0.667. The van der Waals surface area contributed by atoms with E-state index in [0.717, 1.165) is 4.47 Å². The number of imidazole rings is 1. The lowest BCUT2D eigenvalue weighted by Gasteiger charge is -2.16. The van der Waals surface area contributed by atoms with Crippen LogP contribution in [0.15, 0.2) is 41.3 Å². The molecule has 3 rings (SSSR count). The molecule has 0 unspecified atom stereocenters. The van der Waals surface area contributed by atoms with Crippen molar-refractivity contribution in [3.05, 3.63) is 56.9 Å². The summed E-state index contributed by atoms with van der Waals surface area (Å²) in [6, 6.07) is 5.14. The number of carbonyl (C=O) groups excluding carboxylic acids is 1. The second kappa shape index (κ2) is 9.63. The first kappa shape index (κ1) is 23.0. The Morgan fingerprint density at radius 3 is 2.77 bits per heavy atom. The molecule has 30 heavy (non-hydrogen) atoms. The van der Waals surface area contributed by atoms with Gasteiger partial charge in [-0.1, -0.05) is 39.1 Å². The first-order chi connectivity index (χ1) is 14.2. The molecule has 0 saturated heterocycles. The van der Waals surface area contributed by atoms with E-state index in [2.05, 4.69) is 36.2 Å². The Kier molecular flexibility index (Phi) is 7.38. The number of amides is 1. The van der Waals surface area contributed by atoms with Gasteiger partial charge in [0, 0.05) is 23.1 Å². The average Bonchev–Trinajstić information content (AvgIpc) is 3.13. The first-order valence-electron chi connectivity index (χ1n) is 8.15. The molecule has 0 radical (unpaired) electrons. The van der Waals surface area contributed by atoms with Crippen LogP contribution in [0.2, 0.25) is 10.0 Å². The van der Waals surface area contributed by atoms with Crippen molar-refractivity contribution in [1.29, 1.82) is 0 Å². The highest BCUT2D eigenvalue weighted by Gasteiger charge is 2.20. The number of aromatic nitrogens is 2. The largest absolute Gasteiger partial charge is 0.469 e. The minimum Gasteiger partial charge on any atom is -0.352 e. The number of phosphoric ester groups is 1. The maximum atomic E-state index is 12.7. The fraction of sp³-hybridized carbons (Fsp3) is 0.125. The molecule has 10 nitrogen and oxygen atoms in total. The van der Waals surface area contributed by atoms with Gasteiger partial charge in [0.15, 0.2) is 5.65 Å². The fourth-order valence-electron chi connectivity index (χ4n) is 2.41. The van der Waals surface area contributed by atoms with E-state index in [1.54, 1.807) is 28.8 Å². The third-order valence-electron chi connectivity index (χ3n) is 3.67. The van der Waals surface area contributed by atoms with E-state index >= 15 is 0 Å². The molecule has 0 aliphatic carbocycles. The number of phosphoric acid groups is 1. The van der Waals surface area contributed by atoms with Gasteiger partial charge in [-0.2, -0.15) is 0 Å². The molecular formula is C16H14BrCl2N4O6P. The van der Waals surface area contributed by atoms with E-state index in [0.29, 0.717) is 16.4 Å². The normalized spacial score (nSPS) is 11.6. The number of hydroxylamine groups is 1. The fourth-order valence-corrected chi connectivity index (χ4v) is 3.74. The highest BCUT2D eigenvalue weighted by atomic mass is 79.9. The molecule has 0 spiro atoms. The zero-order valence-electron chi connectivity index (χ0n) is 14.9. The predicted octanol–water partition coefficient (Wildman–Crippen LogP) is 3.92. The van der Waals surface area contributed by atoms with Crippen LogP contribution >= 0.6 is 47.0 Å². The molecule has 2 aromatic heterocycles. The van der Waals surface area contributed by atoms with Crippen molar-refractivity contribution in [2.45, 2.75) is 0 Å². The highest BCUT2D eigenvalue weighted by molar-refractivity contribution is 9.10. The second-order valence-corrected chi connectivity index (χ2v) is 8.68. The van der Waals surface area contributed by atoms with Gasteiger partial charge in [0.2, 0.25) is 0 Å². The van der Waals surface area contributed by atoms with Gasteiger partial charge in [-0.3, -0.25) is 14.2 Å². The van der Waals surface area contributed by atoms with Crippen LogP contribution in [0, 0.1) is 0 Å². The SMILES string of the molecule is O=C(NOCCOP(=O)(O)O)c1cn2ccnc2c(Cl)c1Nc1ccc(Br)cc1Cl. The van der Waals surface area contributed by atoms with E-state index < -0.39 is 20.3 Å². The monoisotopic (exact) mass is 538 g/mol. The van der Waals surface area contributed by atoms with Gasteiger partial charge < -0.3 is 19.5 Å². The van der Waals surface area contributed by atoms with E-state index in [9.17, 15) is 9.36 Å². The van der Waals surface area contributed by atoms with E-state index in [1.807, 2.05) is 0 Å². The van der Waals surface area contributed by atoms with Crippen LogP contribution in [-0.2, 0) is 13.9 Å². The number of anilines is 2. The number of fused-ring (bicyclic) bond motifs is 1. The molecule has 14 heteroatoms. The van der Waals surface area contributed by atoms with Gasteiger partial charge in [-0.25, -0.2) is 15.0 Å². The molecular weight excluding hydrogens is 526 g/mol. The lowest BCUT2D eigenvalue weighted by atomic mass is 10.2. The molecule has 3 aromatic rings. The van der Waals surface area contributed by atoms with Gasteiger partial charge in [-0.15, -0.1) is 0 Å². The molecule has 0 aliphatic rings. The predicted molar refractivity (Wildman–Crippen MR) is 114 cm³/mol. The summed E-state index contributed by atoms with van der Waals surface area (Å²) in [6.07, 6.45) is 4.63. The summed E-state index contributed by atoms with van der Waals surface area (Å²) >= 11 is 16.1. The zero-order chi connectivity index (χ0) is 21.9. The molecule has 1 aromatic carbocycles.